The summed E-state index contributed by atoms with van der Waals surface area (Å²) in [6, 6.07) is 11.2. The fourth-order valence-corrected chi connectivity index (χ4v) is 3.59. The van der Waals surface area contributed by atoms with Crippen molar-refractivity contribution in [3.05, 3.63) is 54.0 Å². The normalized spacial score (nSPS) is 11.6. The Morgan fingerprint density at radius 2 is 1.97 bits per heavy atom. The zero-order chi connectivity index (χ0) is 21.0. The molecule has 0 aliphatic heterocycles. The molecule has 29 heavy (non-hydrogen) atoms. The number of furan rings is 1. The van der Waals surface area contributed by atoms with Gasteiger partial charge in [0.2, 0.25) is 5.91 Å². The molecular weight excluding hydrogens is 405 g/mol. The minimum Gasteiger partial charge on any atom is -0.467 e. The van der Waals surface area contributed by atoms with Crippen LogP contribution in [0, 0.1) is 6.92 Å². The number of aryl methyl sites for hydroxylation is 1. The topological polar surface area (TPSA) is 64.2 Å². The summed E-state index contributed by atoms with van der Waals surface area (Å²) in [5, 5.41) is 8.84. The van der Waals surface area contributed by atoms with Gasteiger partial charge >= 0.3 is 6.18 Å². The van der Waals surface area contributed by atoms with Gasteiger partial charge in [0, 0.05) is 12.6 Å². The van der Waals surface area contributed by atoms with Crippen LogP contribution in [-0.2, 0) is 11.3 Å². The van der Waals surface area contributed by atoms with Crippen molar-refractivity contribution in [3.8, 4) is 11.4 Å². The van der Waals surface area contributed by atoms with Gasteiger partial charge in [0.1, 0.15) is 12.3 Å². The van der Waals surface area contributed by atoms with E-state index < -0.39 is 18.6 Å². The van der Waals surface area contributed by atoms with Crippen LogP contribution in [0.15, 0.2) is 52.2 Å². The Morgan fingerprint density at radius 3 is 2.62 bits per heavy atom. The van der Waals surface area contributed by atoms with Gasteiger partial charge in [0.25, 0.3) is 0 Å². The van der Waals surface area contributed by atoms with Crippen LogP contribution in [0.25, 0.3) is 11.4 Å². The smallest absolute Gasteiger partial charge is 0.406 e. The highest BCUT2D eigenvalue weighted by atomic mass is 32.2. The average molecular weight is 424 g/mol. The largest absolute Gasteiger partial charge is 0.467 e. The average Bonchev–Trinajstić information content (AvgIpc) is 3.29. The summed E-state index contributed by atoms with van der Waals surface area (Å²) >= 11 is 1.04. The summed E-state index contributed by atoms with van der Waals surface area (Å²) in [7, 11) is 1.13. The van der Waals surface area contributed by atoms with E-state index in [9.17, 15) is 18.0 Å². The van der Waals surface area contributed by atoms with Crippen molar-refractivity contribution >= 4 is 17.7 Å². The number of alkyl halides is 3. The molecule has 0 N–H and O–H groups in total. The molecule has 2 aromatic heterocycles. The Hall–Kier alpha value is -2.75. The molecule has 6 nitrogen and oxygen atoms in total. The highest BCUT2D eigenvalue weighted by Gasteiger charge is 2.31. The summed E-state index contributed by atoms with van der Waals surface area (Å²) in [5.74, 6) is 0.439. The lowest BCUT2D eigenvalue weighted by Crippen LogP contribution is -2.36. The maximum absolute atomic E-state index is 12.5. The first-order chi connectivity index (χ1) is 13.7. The second-order valence-electron chi connectivity index (χ2n) is 6.44. The molecule has 10 heteroatoms. The number of halogens is 3. The van der Waals surface area contributed by atoms with E-state index in [2.05, 4.69) is 10.2 Å². The van der Waals surface area contributed by atoms with Crippen LogP contribution in [0.1, 0.15) is 11.3 Å². The molecule has 0 spiro atoms. The third kappa shape index (κ3) is 5.41. The fourth-order valence-electron chi connectivity index (χ4n) is 2.71. The van der Waals surface area contributed by atoms with Crippen molar-refractivity contribution < 1.29 is 22.4 Å². The van der Waals surface area contributed by atoms with Crippen LogP contribution in [0.3, 0.4) is 0 Å². The van der Waals surface area contributed by atoms with Crippen molar-refractivity contribution in [3.63, 3.8) is 0 Å². The van der Waals surface area contributed by atoms with Crippen LogP contribution in [-0.4, -0.2) is 51.1 Å². The summed E-state index contributed by atoms with van der Waals surface area (Å²) in [6.07, 6.45) is -2.89. The van der Waals surface area contributed by atoms with Gasteiger partial charge in [-0.3, -0.25) is 9.36 Å². The van der Waals surface area contributed by atoms with Crippen LogP contribution in [0.2, 0.25) is 0 Å². The second-order valence-corrected chi connectivity index (χ2v) is 7.38. The predicted molar refractivity (Wildman–Crippen MR) is 102 cm³/mol. The molecular formula is C19H19F3N4O2S. The molecule has 0 bridgehead atoms. The number of rotatable bonds is 7. The Balaban J connectivity index is 1.83. The predicted octanol–water partition coefficient (Wildman–Crippen LogP) is 4.01. The minimum atomic E-state index is -4.44. The van der Waals surface area contributed by atoms with E-state index in [0.29, 0.717) is 28.2 Å². The zero-order valence-corrected chi connectivity index (χ0v) is 16.6. The van der Waals surface area contributed by atoms with Gasteiger partial charge in [-0.2, -0.15) is 13.2 Å². The maximum Gasteiger partial charge on any atom is 0.406 e. The minimum absolute atomic E-state index is 0.184. The molecule has 0 fully saturated rings. The second kappa shape index (κ2) is 8.73. The van der Waals surface area contributed by atoms with Gasteiger partial charge in [-0.05, 0) is 24.6 Å². The number of hydrogen-bond donors (Lipinski definition) is 0. The van der Waals surface area contributed by atoms with Crippen molar-refractivity contribution in [2.75, 3.05) is 19.3 Å². The molecule has 0 unspecified atom stereocenters. The summed E-state index contributed by atoms with van der Waals surface area (Å²) < 4.78 is 44.7. The van der Waals surface area contributed by atoms with Gasteiger partial charge in [0.15, 0.2) is 11.0 Å². The molecule has 0 atom stereocenters. The van der Waals surface area contributed by atoms with Crippen molar-refractivity contribution in [2.45, 2.75) is 24.8 Å². The zero-order valence-electron chi connectivity index (χ0n) is 15.8. The standard InChI is InChI=1S/C19H19F3N4O2S/c1-13-6-3-4-8-15(13)17-23-24-18(26(17)10-14-7-5-9-28-14)29-11-16(27)25(2)12-19(20,21)22/h3-9H,10-12H2,1-2H3. The molecule has 0 radical (unpaired) electrons. The number of carbonyl (C=O) groups is 1. The molecule has 0 aliphatic carbocycles. The van der Waals surface area contributed by atoms with E-state index in [4.69, 9.17) is 4.42 Å². The monoisotopic (exact) mass is 424 g/mol. The summed E-state index contributed by atoms with van der Waals surface area (Å²) in [5.41, 5.74) is 1.87. The molecule has 1 aromatic carbocycles. The van der Waals surface area contributed by atoms with E-state index in [1.807, 2.05) is 31.2 Å². The molecule has 3 rings (SSSR count). The SMILES string of the molecule is Cc1ccccc1-c1nnc(SCC(=O)N(C)CC(F)(F)F)n1Cc1ccco1. The number of nitrogens with zero attached hydrogens (tertiary/aromatic N) is 4. The number of hydrogen-bond acceptors (Lipinski definition) is 5. The highest BCUT2D eigenvalue weighted by molar-refractivity contribution is 7.99. The van der Waals surface area contributed by atoms with Gasteiger partial charge in [-0.1, -0.05) is 36.0 Å². The van der Waals surface area contributed by atoms with E-state index in [0.717, 1.165) is 29.9 Å². The van der Waals surface area contributed by atoms with Crippen molar-refractivity contribution in [1.29, 1.82) is 0 Å². The lowest BCUT2D eigenvalue weighted by molar-refractivity contribution is -0.156. The van der Waals surface area contributed by atoms with Gasteiger partial charge in [-0.15, -0.1) is 10.2 Å². The van der Waals surface area contributed by atoms with Crippen LogP contribution < -0.4 is 0 Å². The molecule has 3 aromatic rings. The molecule has 0 saturated heterocycles. The third-order valence-corrected chi connectivity index (χ3v) is 5.12. The lowest BCUT2D eigenvalue weighted by atomic mass is 10.1. The Labute approximate surface area is 169 Å². The highest BCUT2D eigenvalue weighted by Crippen LogP contribution is 2.27. The molecule has 0 saturated carbocycles. The Bertz CT molecular complexity index is 970. The first kappa shape index (κ1) is 21.0. The fraction of sp³-hybridized carbons (Fsp3) is 0.316. The summed E-state index contributed by atoms with van der Waals surface area (Å²) in [4.78, 5) is 12.7. The molecule has 154 valence electrons. The molecule has 0 aliphatic rings. The van der Waals surface area contributed by atoms with Crippen LogP contribution in [0.5, 0.6) is 0 Å². The summed E-state index contributed by atoms with van der Waals surface area (Å²) in [6.45, 7) is 0.988. The van der Waals surface area contributed by atoms with E-state index in [1.165, 1.54) is 0 Å². The van der Waals surface area contributed by atoms with E-state index in [-0.39, 0.29) is 5.75 Å². The lowest BCUT2D eigenvalue weighted by Gasteiger charge is -2.18. The van der Waals surface area contributed by atoms with Crippen LogP contribution >= 0.6 is 11.8 Å². The van der Waals surface area contributed by atoms with E-state index in [1.54, 1.807) is 23.0 Å². The Kier molecular flexibility index (Phi) is 6.31. The van der Waals surface area contributed by atoms with Crippen LogP contribution in [0.4, 0.5) is 13.2 Å². The van der Waals surface area contributed by atoms with Gasteiger partial charge < -0.3 is 9.32 Å². The third-order valence-electron chi connectivity index (χ3n) is 4.16. The number of benzene rings is 1. The van der Waals surface area contributed by atoms with Crippen molar-refractivity contribution in [2.24, 2.45) is 0 Å². The Morgan fingerprint density at radius 1 is 1.21 bits per heavy atom. The van der Waals surface area contributed by atoms with Crippen molar-refractivity contribution in [1.82, 2.24) is 19.7 Å². The van der Waals surface area contributed by atoms with Gasteiger partial charge in [0.05, 0.1) is 18.6 Å². The molecule has 1 amide bonds. The number of amides is 1. The number of thioether (sulfide) groups is 1. The van der Waals surface area contributed by atoms with Gasteiger partial charge in [-0.25, -0.2) is 0 Å². The van der Waals surface area contributed by atoms with E-state index >= 15 is 0 Å². The number of aromatic nitrogens is 3. The quantitative estimate of drug-likeness (QED) is 0.537. The first-order valence-electron chi connectivity index (χ1n) is 8.69. The maximum atomic E-state index is 12.5. The number of carbonyl (C=O) groups excluding carboxylic acids is 1. The molecule has 2 heterocycles. The first-order valence-corrected chi connectivity index (χ1v) is 9.68.